The number of nitrogens with zero attached hydrogens (tertiary/aromatic N) is 6. The third-order valence-electron chi connectivity index (χ3n) is 8.54. The number of hydrogen-bond acceptors (Lipinski definition) is 8. The normalized spacial score (nSPS) is 16.2. The predicted octanol–water partition coefficient (Wildman–Crippen LogP) is 6.25. The van der Waals surface area contributed by atoms with Gasteiger partial charge in [-0.25, -0.2) is 4.68 Å². The van der Waals surface area contributed by atoms with Crippen molar-refractivity contribution in [2.75, 3.05) is 32.1 Å². The quantitative estimate of drug-likeness (QED) is 0.156. The van der Waals surface area contributed by atoms with E-state index in [2.05, 4.69) is 15.2 Å². The fourth-order valence-corrected chi connectivity index (χ4v) is 6.87. The van der Waals surface area contributed by atoms with Gasteiger partial charge in [-0.15, -0.1) is 0 Å². The standard InChI is InChI=1S/C32H36Cl3N6O5/c1-18(2)41-27(14-26(36-41)31(42)38(3)4)39-11-9-32(43,10-12-39)22-8-7-20(13-23(22)33)45-17-21-29(37-46-30(21)19-5-6-19)28-24(34)15-40(44)16-25(28)35/h7-8,13-16,18-19,43-44H,5-6,9-12,17H2,1-4H3/q+1. The van der Waals surface area contributed by atoms with Crippen LogP contribution in [0.4, 0.5) is 5.82 Å². The lowest BCUT2D eigenvalue weighted by Gasteiger charge is -2.40. The number of benzene rings is 1. The number of aliphatic hydroxyl groups is 1. The molecule has 11 nitrogen and oxygen atoms in total. The molecule has 2 fully saturated rings. The molecule has 3 aromatic heterocycles. The number of amides is 1. The Morgan fingerprint density at radius 1 is 1.13 bits per heavy atom. The van der Waals surface area contributed by atoms with Crippen molar-refractivity contribution in [3.05, 3.63) is 74.3 Å². The molecule has 4 heterocycles. The van der Waals surface area contributed by atoms with Crippen LogP contribution in [0.25, 0.3) is 11.3 Å². The Bertz CT molecular complexity index is 1750. The first-order valence-corrected chi connectivity index (χ1v) is 16.3. The second-order valence-corrected chi connectivity index (χ2v) is 13.7. The van der Waals surface area contributed by atoms with E-state index in [1.165, 1.54) is 17.3 Å². The van der Waals surface area contributed by atoms with E-state index in [0.29, 0.717) is 59.2 Å². The van der Waals surface area contributed by atoms with Gasteiger partial charge < -0.3 is 24.2 Å². The van der Waals surface area contributed by atoms with Crippen molar-refractivity contribution < 1.29 is 29.1 Å². The summed E-state index contributed by atoms with van der Waals surface area (Å²) >= 11 is 19.6. The predicted molar refractivity (Wildman–Crippen MR) is 173 cm³/mol. The van der Waals surface area contributed by atoms with Crippen LogP contribution in [0.3, 0.4) is 0 Å². The molecule has 1 aliphatic heterocycles. The second kappa shape index (κ2) is 12.6. The van der Waals surface area contributed by atoms with E-state index in [4.69, 9.17) is 44.1 Å². The fraction of sp³-hybridized carbons (Fsp3) is 0.438. The Morgan fingerprint density at radius 3 is 2.39 bits per heavy atom. The summed E-state index contributed by atoms with van der Waals surface area (Å²) in [5.74, 6) is 2.18. The number of anilines is 1. The molecule has 1 aromatic carbocycles. The van der Waals surface area contributed by atoms with Crippen molar-refractivity contribution in [1.29, 1.82) is 0 Å². The van der Waals surface area contributed by atoms with Crippen molar-refractivity contribution in [2.24, 2.45) is 0 Å². The van der Waals surface area contributed by atoms with Crippen LogP contribution in [0.2, 0.25) is 15.1 Å². The Balaban J connectivity index is 1.18. The van der Waals surface area contributed by atoms with Gasteiger partial charge in [-0.3, -0.25) is 10.0 Å². The van der Waals surface area contributed by atoms with E-state index in [-0.39, 0.29) is 34.5 Å². The molecule has 14 heteroatoms. The molecule has 4 aromatic rings. The van der Waals surface area contributed by atoms with Gasteiger partial charge in [0, 0.05) is 55.5 Å². The van der Waals surface area contributed by atoms with Gasteiger partial charge in [-0.05, 0) is 51.7 Å². The van der Waals surface area contributed by atoms with E-state index < -0.39 is 5.60 Å². The Kier molecular flexibility index (Phi) is 8.88. The molecule has 0 atom stereocenters. The molecular weight excluding hydrogens is 655 g/mol. The van der Waals surface area contributed by atoms with Crippen LogP contribution >= 0.6 is 34.8 Å². The first kappa shape index (κ1) is 32.4. The number of piperidine rings is 1. The molecule has 0 radical (unpaired) electrons. The van der Waals surface area contributed by atoms with Crippen molar-refractivity contribution >= 4 is 46.5 Å². The molecule has 2 aliphatic rings. The first-order chi connectivity index (χ1) is 21.9. The molecule has 0 bridgehead atoms. The van der Waals surface area contributed by atoms with E-state index in [1.807, 2.05) is 24.6 Å². The van der Waals surface area contributed by atoms with Gasteiger partial charge in [-0.1, -0.05) is 46.0 Å². The summed E-state index contributed by atoms with van der Waals surface area (Å²) in [5.41, 5.74) is 1.52. The fourth-order valence-electron chi connectivity index (χ4n) is 5.89. The number of carbonyl (C=O) groups excluding carboxylic acids is 1. The maximum Gasteiger partial charge on any atom is 0.273 e. The Labute approximate surface area is 281 Å². The zero-order valence-electron chi connectivity index (χ0n) is 26.0. The summed E-state index contributed by atoms with van der Waals surface area (Å²) in [4.78, 5) is 16.3. The zero-order valence-corrected chi connectivity index (χ0v) is 28.3. The summed E-state index contributed by atoms with van der Waals surface area (Å²) in [6, 6.07) is 7.18. The van der Waals surface area contributed by atoms with Crippen LogP contribution in [0.5, 0.6) is 5.75 Å². The van der Waals surface area contributed by atoms with Gasteiger partial charge >= 0.3 is 0 Å². The lowest BCUT2D eigenvalue weighted by Crippen LogP contribution is -2.43. The third kappa shape index (κ3) is 6.25. The summed E-state index contributed by atoms with van der Waals surface area (Å²) in [5, 5.41) is 31.2. The van der Waals surface area contributed by atoms with Crippen LogP contribution in [0.1, 0.15) is 78.9 Å². The summed E-state index contributed by atoms with van der Waals surface area (Å²) in [7, 11) is 3.41. The summed E-state index contributed by atoms with van der Waals surface area (Å²) in [6.07, 6.45) is 5.51. The minimum Gasteiger partial charge on any atom is -0.489 e. The third-order valence-corrected chi connectivity index (χ3v) is 9.43. The lowest BCUT2D eigenvalue weighted by atomic mass is 9.84. The van der Waals surface area contributed by atoms with Gasteiger partial charge in [0.05, 0.1) is 21.8 Å². The lowest BCUT2D eigenvalue weighted by molar-refractivity contribution is -0.904. The average molecular weight is 691 g/mol. The van der Waals surface area contributed by atoms with Crippen LogP contribution in [0, 0.1) is 0 Å². The molecule has 46 heavy (non-hydrogen) atoms. The van der Waals surface area contributed by atoms with E-state index in [0.717, 1.165) is 34.7 Å². The largest absolute Gasteiger partial charge is 0.489 e. The molecule has 0 unspecified atom stereocenters. The van der Waals surface area contributed by atoms with Gasteiger partial charge in [-0.2, -0.15) is 5.10 Å². The number of ether oxygens (including phenoxy) is 1. The highest BCUT2D eigenvalue weighted by molar-refractivity contribution is 6.38. The molecule has 1 amide bonds. The SMILES string of the molecule is CC(C)n1nc(C(=O)N(C)C)cc1N1CCC(O)(c2ccc(OCc3c(-c4c(Cl)c[n+](O)cc4Cl)noc3C3CC3)cc2Cl)CC1. The van der Waals surface area contributed by atoms with Gasteiger partial charge in [0.25, 0.3) is 5.91 Å². The average Bonchev–Trinajstić information content (AvgIpc) is 3.60. The van der Waals surface area contributed by atoms with Gasteiger partial charge in [0.1, 0.15) is 39.7 Å². The topological polar surface area (TPSA) is 121 Å². The summed E-state index contributed by atoms with van der Waals surface area (Å²) in [6.45, 7) is 5.29. The highest BCUT2D eigenvalue weighted by atomic mass is 35.5. The second-order valence-electron chi connectivity index (χ2n) is 12.4. The van der Waals surface area contributed by atoms with Crippen LogP contribution in [-0.2, 0) is 12.2 Å². The van der Waals surface area contributed by atoms with Gasteiger partial charge in [0.2, 0.25) is 12.4 Å². The van der Waals surface area contributed by atoms with Crippen LogP contribution < -0.4 is 14.4 Å². The first-order valence-electron chi connectivity index (χ1n) is 15.2. The van der Waals surface area contributed by atoms with Crippen molar-refractivity contribution in [3.63, 3.8) is 0 Å². The smallest absolute Gasteiger partial charge is 0.273 e. The highest BCUT2D eigenvalue weighted by Gasteiger charge is 2.38. The molecule has 1 saturated carbocycles. The maximum absolute atomic E-state index is 12.6. The Morgan fingerprint density at radius 2 is 1.80 bits per heavy atom. The molecular formula is C32H36Cl3N6O5+. The number of halogens is 3. The number of aromatic nitrogens is 4. The molecule has 6 rings (SSSR count). The van der Waals surface area contributed by atoms with Crippen molar-refractivity contribution in [3.8, 4) is 17.0 Å². The van der Waals surface area contributed by atoms with Gasteiger partial charge in [0.15, 0.2) is 5.69 Å². The Hall–Kier alpha value is -3.51. The molecule has 2 N–H and O–H groups in total. The van der Waals surface area contributed by atoms with E-state index >= 15 is 0 Å². The number of carbonyl (C=O) groups is 1. The minimum absolute atomic E-state index is 0.0600. The molecule has 1 saturated heterocycles. The zero-order chi connectivity index (χ0) is 32.9. The summed E-state index contributed by atoms with van der Waals surface area (Å²) < 4.78 is 14.6. The molecule has 0 spiro atoms. The monoisotopic (exact) mass is 689 g/mol. The maximum atomic E-state index is 12.6. The van der Waals surface area contributed by atoms with Crippen molar-refractivity contribution in [2.45, 2.75) is 63.7 Å². The number of hydrogen-bond donors (Lipinski definition) is 2. The molecule has 244 valence electrons. The van der Waals surface area contributed by atoms with E-state index in [9.17, 15) is 15.1 Å². The minimum atomic E-state index is -1.14. The number of rotatable bonds is 9. The van der Waals surface area contributed by atoms with Crippen LogP contribution in [-0.4, -0.2) is 63.2 Å². The highest BCUT2D eigenvalue weighted by Crippen LogP contribution is 2.46. The molecule has 1 aliphatic carbocycles. The van der Waals surface area contributed by atoms with E-state index in [1.54, 1.807) is 32.3 Å². The number of pyridine rings is 1. The van der Waals surface area contributed by atoms with Crippen molar-refractivity contribution in [1.82, 2.24) is 19.8 Å². The van der Waals surface area contributed by atoms with Crippen LogP contribution in [0.15, 0.2) is 41.2 Å².